The maximum Gasteiger partial charge on any atom is 0.305 e. The lowest BCUT2D eigenvalue weighted by atomic mass is 9.96. The highest BCUT2D eigenvalue weighted by Crippen LogP contribution is 2.28. The summed E-state index contributed by atoms with van der Waals surface area (Å²) in [5, 5.41) is 7.44. The topological polar surface area (TPSA) is 76.5 Å². The molecule has 0 saturated carbocycles. The molecular weight excluding hydrogens is 332 g/mol. The van der Waals surface area contributed by atoms with Gasteiger partial charge >= 0.3 is 5.97 Å². The number of anilines is 1. The van der Waals surface area contributed by atoms with Gasteiger partial charge < -0.3 is 15.0 Å². The number of rotatable bonds is 6. The average Bonchev–Trinajstić information content (AvgIpc) is 3.06. The summed E-state index contributed by atoms with van der Waals surface area (Å²) in [6, 6.07) is 2.49. The number of hydrogen-bond acceptors (Lipinski definition) is 5. The van der Waals surface area contributed by atoms with Crippen molar-refractivity contribution in [2.75, 3.05) is 25.5 Å². The fraction of sp³-hybridized carbons (Fsp3) is 0.737. The molecule has 1 atom stereocenters. The van der Waals surface area contributed by atoms with Crippen molar-refractivity contribution in [3.63, 3.8) is 0 Å². The number of carbonyl (C=O) groups is 2. The maximum absolute atomic E-state index is 12.3. The largest absolute Gasteiger partial charge is 0.469 e. The standard InChI is InChI=1S/C19H32N4O3/c1-14(6-7-17(24)26-5)22-12-9-15(10-13-22)23-16(8-11-20-23)21-18(25)19(2,3)4/h8,11,14-15H,6-7,9-10,12-13H2,1-5H3,(H,21,25). The van der Waals surface area contributed by atoms with E-state index in [1.54, 1.807) is 6.20 Å². The van der Waals surface area contributed by atoms with E-state index in [-0.39, 0.29) is 17.9 Å². The number of aromatic nitrogens is 2. The number of amides is 1. The van der Waals surface area contributed by atoms with Gasteiger partial charge in [-0.2, -0.15) is 5.10 Å². The Bertz CT molecular complexity index is 613. The molecule has 1 fully saturated rings. The van der Waals surface area contributed by atoms with Crippen molar-refractivity contribution in [1.29, 1.82) is 0 Å². The summed E-state index contributed by atoms with van der Waals surface area (Å²) >= 11 is 0. The molecule has 0 bridgehead atoms. The summed E-state index contributed by atoms with van der Waals surface area (Å²) in [6.07, 6.45) is 4.96. The highest BCUT2D eigenvalue weighted by atomic mass is 16.5. The van der Waals surface area contributed by atoms with Crippen LogP contribution < -0.4 is 5.32 Å². The van der Waals surface area contributed by atoms with Crippen molar-refractivity contribution in [2.24, 2.45) is 5.41 Å². The van der Waals surface area contributed by atoms with Gasteiger partial charge in [-0.15, -0.1) is 0 Å². The SMILES string of the molecule is COC(=O)CCC(C)N1CCC(n2nccc2NC(=O)C(C)(C)C)CC1. The number of esters is 1. The first kappa shape index (κ1) is 20.4. The molecule has 1 N–H and O–H groups in total. The molecule has 2 heterocycles. The molecular formula is C19H32N4O3. The van der Waals surface area contributed by atoms with Gasteiger partial charge in [-0.05, 0) is 26.2 Å². The minimum Gasteiger partial charge on any atom is -0.469 e. The van der Waals surface area contributed by atoms with E-state index in [0.717, 1.165) is 38.2 Å². The number of likely N-dealkylation sites (tertiary alicyclic amines) is 1. The average molecular weight is 364 g/mol. The van der Waals surface area contributed by atoms with Gasteiger partial charge in [0.15, 0.2) is 0 Å². The quantitative estimate of drug-likeness (QED) is 0.786. The molecule has 0 spiro atoms. The second-order valence-electron chi connectivity index (χ2n) is 8.10. The minimum absolute atomic E-state index is 0.00637. The Kier molecular flexibility index (Phi) is 6.81. The molecule has 1 aliphatic heterocycles. The lowest BCUT2D eigenvalue weighted by Crippen LogP contribution is -2.41. The van der Waals surface area contributed by atoms with E-state index in [2.05, 4.69) is 22.2 Å². The molecule has 1 amide bonds. The van der Waals surface area contributed by atoms with Gasteiger partial charge in [-0.1, -0.05) is 20.8 Å². The van der Waals surface area contributed by atoms with E-state index in [9.17, 15) is 9.59 Å². The molecule has 1 unspecified atom stereocenters. The third kappa shape index (κ3) is 5.30. The van der Waals surface area contributed by atoms with E-state index < -0.39 is 5.41 Å². The van der Waals surface area contributed by atoms with Crippen LogP contribution in [0.15, 0.2) is 12.3 Å². The van der Waals surface area contributed by atoms with Crippen molar-refractivity contribution in [3.8, 4) is 0 Å². The Morgan fingerprint density at radius 2 is 2.00 bits per heavy atom. The highest BCUT2D eigenvalue weighted by Gasteiger charge is 2.27. The predicted octanol–water partition coefficient (Wildman–Crippen LogP) is 2.85. The highest BCUT2D eigenvalue weighted by molar-refractivity contribution is 5.93. The predicted molar refractivity (Wildman–Crippen MR) is 101 cm³/mol. The van der Waals surface area contributed by atoms with Crippen LogP contribution in [0.3, 0.4) is 0 Å². The molecule has 0 aromatic carbocycles. The molecule has 146 valence electrons. The summed E-state index contributed by atoms with van der Waals surface area (Å²) in [5.74, 6) is 0.609. The van der Waals surface area contributed by atoms with Gasteiger partial charge in [0.2, 0.25) is 5.91 Å². The van der Waals surface area contributed by atoms with Crippen LogP contribution in [-0.4, -0.2) is 52.8 Å². The van der Waals surface area contributed by atoms with Crippen molar-refractivity contribution in [3.05, 3.63) is 12.3 Å². The third-order valence-electron chi connectivity index (χ3n) is 5.06. The fourth-order valence-corrected chi connectivity index (χ4v) is 3.19. The third-order valence-corrected chi connectivity index (χ3v) is 5.06. The second-order valence-corrected chi connectivity index (χ2v) is 8.10. The lowest BCUT2D eigenvalue weighted by Gasteiger charge is -2.36. The summed E-state index contributed by atoms with van der Waals surface area (Å²) in [4.78, 5) is 26.0. The van der Waals surface area contributed by atoms with E-state index in [1.165, 1.54) is 7.11 Å². The van der Waals surface area contributed by atoms with Crippen LogP contribution in [0, 0.1) is 5.41 Å². The molecule has 7 nitrogen and oxygen atoms in total. The van der Waals surface area contributed by atoms with Crippen molar-refractivity contribution in [2.45, 2.75) is 65.5 Å². The Morgan fingerprint density at radius 3 is 2.58 bits per heavy atom. The van der Waals surface area contributed by atoms with Crippen LogP contribution in [0.25, 0.3) is 0 Å². The molecule has 0 radical (unpaired) electrons. The summed E-state index contributed by atoms with van der Waals surface area (Å²) in [7, 11) is 1.43. The van der Waals surface area contributed by atoms with Gasteiger partial charge in [-0.3, -0.25) is 9.59 Å². The van der Waals surface area contributed by atoms with Crippen LogP contribution in [0.2, 0.25) is 0 Å². The van der Waals surface area contributed by atoms with Crippen molar-refractivity contribution >= 4 is 17.7 Å². The minimum atomic E-state index is -0.437. The second kappa shape index (κ2) is 8.66. The lowest BCUT2D eigenvalue weighted by molar-refractivity contribution is -0.141. The zero-order valence-corrected chi connectivity index (χ0v) is 16.6. The first-order chi connectivity index (χ1) is 12.2. The molecule has 7 heteroatoms. The van der Waals surface area contributed by atoms with Crippen LogP contribution in [-0.2, 0) is 14.3 Å². The Labute approximate surface area is 156 Å². The van der Waals surface area contributed by atoms with Gasteiger partial charge in [0.05, 0.1) is 19.3 Å². The number of nitrogens with one attached hydrogen (secondary N) is 1. The zero-order valence-electron chi connectivity index (χ0n) is 16.6. The molecule has 1 aromatic heterocycles. The first-order valence-electron chi connectivity index (χ1n) is 9.38. The van der Waals surface area contributed by atoms with E-state index in [4.69, 9.17) is 4.74 Å². The Morgan fingerprint density at radius 1 is 1.35 bits per heavy atom. The maximum atomic E-state index is 12.3. The van der Waals surface area contributed by atoms with Crippen LogP contribution >= 0.6 is 0 Å². The van der Waals surface area contributed by atoms with Gasteiger partial charge in [-0.25, -0.2) is 4.68 Å². The molecule has 1 aliphatic rings. The van der Waals surface area contributed by atoms with Gasteiger partial charge in [0, 0.05) is 37.0 Å². The smallest absolute Gasteiger partial charge is 0.305 e. The van der Waals surface area contributed by atoms with Crippen LogP contribution in [0.5, 0.6) is 0 Å². The number of hydrogen-bond donors (Lipinski definition) is 1. The molecule has 1 aromatic rings. The fourth-order valence-electron chi connectivity index (χ4n) is 3.19. The number of ether oxygens (including phenoxy) is 1. The summed E-state index contributed by atoms with van der Waals surface area (Å²) < 4.78 is 6.66. The first-order valence-corrected chi connectivity index (χ1v) is 9.38. The Balaban J connectivity index is 1.89. The number of methoxy groups -OCH3 is 1. The van der Waals surface area contributed by atoms with Crippen molar-refractivity contribution < 1.29 is 14.3 Å². The molecule has 26 heavy (non-hydrogen) atoms. The zero-order chi connectivity index (χ0) is 19.3. The summed E-state index contributed by atoms with van der Waals surface area (Å²) in [5.41, 5.74) is -0.437. The van der Waals surface area contributed by atoms with E-state index in [1.807, 2.05) is 31.5 Å². The van der Waals surface area contributed by atoms with Crippen LogP contribution in [0.1, 0.15) is 59.4 Å². The molecule has 0 aliphatic carbocycles. The number of piperidine rings is 1. The van der Waals surface area contributed by atoms with Gasteiger partial charge in [0.25, 0.3) is 0 Å². The number of carbonyl (C=O) groups excluding carboxylic acids is 2. The summed E-state index contributed by atoms with van der Waals surface area (Å²) in [6.45, 7) is 9.77. The van der Waals surface area contributed by atoms with E-state index >= 15 is 0 Å². The van der Waals surface area contributed by atoms with Crippen LogP contribution in [0.4, 0.5) is 5.82 Å². The Hall–Kier alpha value is -1.89. The van der Waals surface area contributed by atoms with Crippen molar-refractivity contribution in [1.82, 2.24) is 14.7 Å². The van der Waals surface area contributed by atoms with E-state index in [0.29, 0.717) is 12.5 Å². The number of nitrogens with zero attached hydrogens (tertiary/aromatic N) is 3. The molecule has 2 rings (SSSR count). The van der Waals surface area contributed by atoms with Gasteiger partial charge in [0.1, 0.15) is 5.82 Å². The monoisotopic (exact) mass is 364 g/mol. The molecule has 1 saturated heterocycles. The normalized spacial score (nSPS) is 17.7.